The number of likely N-dealkylation sites (tertiary alicyclic amines) is 1. The zero-order valence-electron chi connectivity index (χ0n) is 12.9. The first-order chi connectivity index (χ1) is 10.3. The number of nitrogens with zero attached hydrogens (tertiary/aromatic N) is 3. The molecule has 2 fully saturated rings. The van der Waals surface area contributed by atoms with Gasteiger partial charge in [-0.1, -0.05) is 0 Å². The van der Waals surface area contributed by atoms with Crippen LogP contribution in [0.3, 0.4) is 0 Å². The van der Waals surface area contributed by atoms with E-state index in [-0.39, 0.29) is 5.91 Å². The molecule has 1 N–H and O–H groups in total. The average Bonchev–Trinajstić information content (AvgIpc) is 3.21. The predicted octanol–water partition coefficient (Wildman–Crippen LogP) is 1.61. The monoisotopic (exact) mass is 290 g/mol. The maximum atomic E-state index is 12.1. The Balaban J connectivity index is 1.42. The molecule has 0 atom stereocenters. The van der Waals surface area contributed by atoms with Gasteiger partial charge in [0.05, 0.1) is 12.7 Å². The van der Waals surface area contributed by atoms with Crippen LogP contribution in [0.1, 0.15) is 44.1 Å². The standard InChI is InChI=1S/C16H26N4O/c1-2-20-12-15(10-18-20)14-5-7-19(8-6-14)16(21)11-17-9-13-3-4-13/h10,12-14,17H,2-9,11H2,1H3. The molecule has 5 heteroatoms. The Kier molecular flexibility index (Phi) is 4.58. The van der Waals surface area contributed by atoms with E-state index < -0.39 is 0 Å². The van der Waals surface area contributed by atoms with Crippen molar-refractivity contribution in [1.29, 1.82) is 0 Å². The third-order valence-electron chi connectivity index (χ3n) is 4.70. The van der Waals surface area contributed by atoms with Gasteiger partial charge in [0.1, 0.15) is 0 Å². The van der Waals surface area contributed by atoms with E-state index >= 15 is 0 Å². The Hall–Kier alpha value is -1.36. The molecule has 5 nitrogen and oxygen atoms in total. The number of rotatable bonds is 6. The number of nitrogens with one attached hydrogen (secondary N) is 1. The molecule has 2 heterocycles. The zero-order chi connectivity index (χ0) is 14.7. The highest BCUT2D eigenvalue weighted by atomic mass is 16.2. The molecule has 0 radical (unpaired) electrons. The minimum atomic E-state index is 0.262. The highest BCUT2D eigenvalue weighted by molar-refractivity contribution is 5.78. The lowest BCUT2D eigenvalue weighted by Crippen LogP contribution is -2.42. The molecular weight excluding hydrogens is 264 g/mol. The van der Waals surface area contributed by atoms with Crippen LogP contribution in [-0.4, -0.2) is 46.8 Å². The van der Waals surface area contributed by atoms with Crippen molar-refractivity contribution in [2.75, 3.05) is 26.2 Å². The summed E-state index contributed by atoms with van der Waals surface area (Å²) < 4.78 is 1.98. The number of aromatic nitrogens is 2. The number of aryl methyl sites for hydroxylation is 1. The SMILES string of the molecule is CCn1cc(C2CCN(C(=O)CNCC3CC3)CC2)cn1. The first-order valence-electron chi connectivity index (χ1n) is 8.27. The van der Waals surface area contributed by atoms with Crippen molar-refractivity contribution in [2.24, 2.45) is 5.92 Å². The Morgan fingerprint density at radius 1 is 1.33 bits per heavy atom. The largest absolute Gasteiger partial charge is 0.342 e. The summed E-state index contributed by atoms with van der Waals surface area (Å²) in [5.74, 6) is 1.66. The van der Waals surface area contributed by atoms with Crippen LogP contribution in [-0.2, 0) is 11.3 Å². The summed E-state index contributed by atoms with van der Waals surface area (Å²) >= 11 is 0. The molecular formula is C16H26N4O. The van der Waals surface area contributed by atoms with Crippen LogP contribution >= 0.6 is 0 Å². The Morgan fingerprint density at radius 2 is 2.10 bits per heavy atom. The van der Waals surface area contributed by atoms with Gasteiger partial charge in [0, 0.05) is 25.8 Å². The molecule has 0 aromatic carbocycles. The van der Waals surface area contributed by atoms with E-state index in [0.717, 1.165) is 44.9 Å². The third kappa shape index (κ3) is 3.84. The van der Waals surface area contributed by atoms with Gasteiger partial charge >= 0.3 is 0 Å². The van der Waals surface area contributed by atoms with Gasteiger partial charge in [0.2, 0.25) is 5.91 Å². The minimum absolute atomic E-state index is 0.262. The molecule has 0 unspecified atom stereocenters. The Morgan fingerprint density at radius 3 is 2.71 bits per heavy atom. The van der Waals surface area contributed by atoms with Crippen LogP contribution in [0.2, 0.25) is 0 Å². The lowest BCUT2D eigenvalue weighted by atomic mass is 9.91. The van der Waals surface area contributed by atoms with E-state index in [1.807, 2.05) is 15.8 Å². The Labute approximate surface area is 126 Å². The topological polar surface area (TPSA) is 50.2 Å². The van der Waals surface area contributed by atoms with E-state index in [2.05, 4.69) is 23.5 Å². The Bertz CT molecular complexity index is 472. The van der Waals surface area contributed by atoms with Gasteiger partial charge in [-0.2, -0.15) is 5.10 Å². The summed E-state index contributed by atoms with van der Waals surface area (Å²) in [7, 11) is 0. The zero-order valence-corrected chi connectivity index (χ0v) is 12.9. The van der Waals surface area contributed by atoms with E-state index in [1.165, 1.54) is 18.4 Å². The van der Waals surface area contributed by atoms with Crippen LogP contribution in [0, 0.1) is 5.92 Å². The van der Waals surface area contributed by atoms with Crippen molar-refractivity contribution in [3.05, 3.63) is 18.0 Å². The van der Waals surface area contributed by atoms with E-state index in [1.54, 1.807) is 0 Å². The molecule has 1 aliphatic heterocycles. The fourth-order valence-electron chi connectivity index (χ4n) is 3.04. The second kappa shape index (κ2) is 6.60. The summed E-state index contributed by atoms with van der Waals surface area (Å²) in [6.07, 6.45) is 8.92. The minimum Gasteiger partial charge on any atom is -0.342 e. The summed E-state index contributed by atoms with van der Waals surface area (Å²) in [6, 6.07) is 0. The molecule has 1 amide bonds. The lowest BCUT2D eigenvalue weighted by Gasteiger charge is -2.31. The quantitative estimate of drug-likeness (QED) is 0.866. The summed E-state index contributed by atoms with van der Waals surface area (Å²) in [5, 5.41) is 7.65. The number of amides is 1. The molecule has 116 valence electrons. The van der Waals surface area contributed by atoms with Crippen molar-refractivity contribution in [1.82, 2.24) is 20.0 Å². The highest BCUT2D eigenvalue weighted by Gasteiger charge is 2.25. The van der Waals surface area contributed by atoms with Gasteiger partial charge in [-0.3, -0.25) is 9.48 Å². The molecule has 1 aromatic rings. The average molecular weight is 290 g/mol. The molecule has 3 rings (SSSR count). The lowest BCUT2D eigenvalue weighted by molar-refractivity contribution is -0.131. The van der Waals surface area contributed by atoms with Gasteiger partial charge in [0.15, 0.2) is 0 Å². The molecule has 1 aliphatic carbocycles. The van der Waals surface area contributed by atoms with Gasteiger partial charge in [-0.05, 0) is 56.6 Å². The molecule has 0 bridgehead atoms. The molecule has 0 spiro atoms. The van der Waals surface area contributed by atoms with Gasteiger partial charge in [-0.25, -0.2) is 0 Å². The first kappa shape index (κ1) is 14.6. The summed E-state index contributed by atoms with van der Waals surface area (Å²) in [4.78, 5) is 14.2. The van der Waals surface area contributed by atoms with E-state index in [4.69, 9.17) is 0 Å². The summed E-state index contributed by atoms with van der Waals surface area (Å²) in [5.41, 5.74) is 1.33. The fraction of sp³-hybridized carbons (Fsp3) is 0.750. The number of hydrogen-bond acceptors (Lipinski definition) is 3. The maximum Gasteiger partial charge on any atom is 0.236 e. The second-order valence-corrected chi connectivity index (χ2v) is 6.36. The van der Waals surface area contributed by atoms with Gasteiger partial charge in [0.25, 0.3) is 0 Å². The molecule has 1 saturated heterocycles. The number of piperidine rings is 1. The molecule has 1 aromatic heterocycles. The van der Waals surface area contributed by atoms with Crippen LogP contribution in [0.5, 0.6) is 0 Å². The fourth-order valence-corrected chi connectivity index (χ4v) is 3.04. The molecule has 21 heavy (non-hydrogen) atoms. The number of hydrogen-bond donors (Lipinski definition) is 1. The normalized spacial score (nSPS) is 20.0. The van der Waals surface area contributed by atoms with E-state index in [0.29, 0.717) is 12.5 Å². The van der Waals surface area contributed by atoms with Crippen LogP contribution in [0.25, 0.3) is 0 Å². The number of carbonyl (C=O) groups is 1. The van der Waals surface area contributed by atoms with Crippen LogP contribution in [0.4, 0.5) is 0 Å². The smallest absolute Gasteiger partial charge is 0.236 e. The molecule has 1 saturated carbocycles. The van der Waals surface area contributed by atoms with Gasteiger partial charge in [-0.15, -0.1) is 0 Å². The van der Waals surface area contributed by atoms with Gasteiger partial charge < -0.3 is 10.2 Å². The van der Waals surface area contributed by atoms with Crippen LogP contribution in [0.15, 0.2) is 12.4 Å². The highest BCUT2D eigenvalue weighted by Crippen LogP contribution is 2.28. The van der Waals surface area contributed by atoms with Crippen molar-refractivity contribution in [3.63, 3.8) is 0 Å². The van der Waals surface area contributed by atoms with Crippen LogP contribution < -0.4 is 5.32 Å². The maximum absolute atomic E-state index is 12.1. The van der Waals surface area contributed by atoms with Crippen molar-refractivity contribution in [3.8, 4) is 0 Å². The predicted molar refractivity (Wildman–Crippen MR) is 82.0 cm³/mol. The van der Waals surface area contributed by atoms with Crippen molar-refractivity contribution in [2.45, 2.75) is 45.1 Å². The summed E-state index contributed by atoms with van der Waals surface area (Å²) in [6.45, 7) is 6.31. The first-order valence-corrected chi connectivity index (χ1v) is 8.27. The van der Waals surface area contributed by atoms with Crippen molar-refractivity contribution >= 4 is 5.91 Å². The van der Waals surface area contributed by atoms with Crippen molar-refractivity contribution < 1.29 is 4.79 Å². The number of carbonyl (C=O) groups excluding carboxylic acids is 1. The second-order valence-electron chi connectivity index (χ2n) is 6.36. The third-order valence-corrected chi connectivity index (χ3v) is 4.70. The molecule has 2 aliphatic rings. The van der Waals surface area contributed by atoms with E-state index in [9.17, 15) is 4.79 Å².